The van der Waals surface area contributed by atoms with E-state index in [0.717, 1.165) is 19.4 Å². The van der Waals surface area contributed by atoms with Gasteiger partial charge in [-0.1, -0.05) is 17.7 Å². The fourth-order valence-electron chi connectivity index (χ4n) is 2.39. The van der Waals surface area contributed by atoms with Gasteiger partial charge in [-0.2, -0.15) is 0 Å². The first-order valence-electron chi connectivity index (χ1n) is 5.85. The molecule has 0 aliphatic carbocycles. The molecule has 1 aliphatic rings. The van der Waals surface area contributed by atoms with E-state index in [1.165, 1.54) is 4.57 Å². The zero-order valence-corrected chi connectivity index (χ0v) is 10.3. The van der Waals surface area contributed by atoms with Crippen LogP contribution < -0.4 is 16.6 Å². The summed E-state index contributed by atoms with van der Waals surface area (Å²) in [6.45, 7) is 0.824. The first-order valence-corrected chi connectivity index (χ1v) is 6.23. The number of aromatic amines is 1. The lowest BCUT2D eigenvalue weighted by atomic mass is 10.2. The van der Waals surface area contributed by atoms with Crippen molar-refractivity contribution in [2.24, 2.45) is 0 Å². The van der Waals surface area contributed by atoms with Gasteiger partial charge in [-0.05, 0) is 31.5 Å². The molecule has 1 aromatic carbocycles. The number of nitrogens with zero attached hydrogens (tertiary/aromatic N) is 1. The number of nitrogens with one attached hydrogen (secondary N) is 2. The van der Waals surface area contributed by atoms with E-state index in [9.17, 15) is 9.59 Å². The van der Waals surface area contributed by atoms with Crippen LogP contribution in [0.4, 0.5) is 0 Å². The van der Waals surface area contributed by atoms with Gasteiger partial charge in [0, 0.05) is 0 Å². The van der Waals surface area contributed by atoms with Crippen molar-refractivity contribution in [3.05, 3.63) is 44.1 Å². The summed E-state index contributed by atoms with van der Waals surface area (Å²) >= 11 is 5.98. The summed E-state index contributed by atoms with van der Waals surface area (Å²) in [5.41, 5.74) is -0.306. The van der Waals surface area contributed by atoms with Gasteiger partial charge in [0.25, 0.3) is 5.56 Å². The number of hydrogen-bond donors (Lipinski definition) is 2. The van der Waals surface area contributed by atoms with Crippen LogP contribution >= 0.6 is 11.6 Å². The van der Waals surface area contributed by atoms with E-state index in [1.807, 2.05) is 0 Å². The standard InChI is InChI=1S/C12H12ClN3O2/c13-8-4-1-3-7-10(8)15-12(18)16(11(7)17)9-5-2-6-14-9/h1,3-4,9,14H,2,5-6H2,(H,15,18). The molecule has 0 spiro atoms. The number of rotatable bonds is 1. The summed E-state index contributed by atoms with van der Waals surface area (Å²) in [6, 6.07) is 5.03. The van der Waals surface area contributed by atoms with Crippen LogP contribution in [-0.4, -0.2) is 16.1 Å². The Morgan fingerprint density at radius 2 is 2.17 bits per heavy atom. The lowest BCUT2D eigenvalue weighted by Crippen LogP contribution is -2.41. The average molecular weight is 266 g/mol. The van der Waals surface area contributed by atoms with Crippen molar-refractivity contribution in [3.8, 4) is 0 Å². The molecule has 0 amide bonds. The summed E-state index contributed by atoms with van der Waals surface area (Å²) < 4.78 is 1.24. The molecule has 1 unspecified atom stereocenters. The smallest absolute Gasteiger partial charge is 0.305 e. The van der Waals surface area contributed by atoms with Crippen molar-refractivity contribution >= 4 is 22.5 Å². The summed E-state index contributed by atoms with van der Waals surface area (Å²) in [5.74, 6) is 0. The molecule has 1 saturated heterocycles. The highest BCUT2D eigenvalue weighted by atomic mass is 35.5. The second kappa shape index (κ2) is 4.26. The van der Waals surface area contributed by atoms with E-state index in [-0.39, 0.29) is 11.7 Å². The van der Waals surface area contributed by atoms with Crippen LogP contribution in [0.1, 0.15) is 19.0 Å². The van der Waals surface area contributed by atoms with Crippen LogP contribution in [0.25, 0.3) is 10.9 Å². The Balaban J connectivity index is 2.34. The third kappa shape index (κ3) is 1.67. The Hall–Kier alpha value is -1.59. The minimum absolute atomic E-state index is 0.218. The molecule has 5 nitrogen and oxygen atoms in total. The summed E-state index contributed by atoms with van der Waals surface area (Å²) in [7, 11) is 0. The normalized spacial score (nSPS) is 19.5. The molecule has 3 rings (SSSR count). The first kappa shape index (κ1) is 11.5. The number of hydrogen-bond acceptors (Lipinski definition) is 3. The molecule has 2 N–H and O–H groups in total. The topological polar surface area (TPSA) is 66.9 Å². The lowest BCUT2D eigenvalue weighted by molar-refractivity contribution is 0.439. The van der Waals surface area contributed by atoms with Crippen molar-refractivity contribution in [2.75, 3.05) is 6.54 Å². The maximum absolute atomic E-state index is 12.3. The quantitative estimate of drug-likeness (QED) is 0.815. The monoisotopic (exact) mass is 265 g/mol. The molecule has 0 saturated carbocycles. The number of halogens is 1. The van der Waals surface area contributed by atoms with E-state index in [4.69, 9.17) is 11.6 Å². The van der Waals surface area contributed by atoms with Gasteiger partial charge in [-0.15, -0.1) is 0 Å². The lowest BCUT2D eigenvalue weighted by Gasteiger charge is -2.13. The maximum Gasteiger partial charge on any atom is 0.330 e. The predicted molar refractivity (Wildman–Crippen MR) is 70.1 cm³/mol. The fraction of sp³-hybridized carbons (Fsp3) is 0.333. The van der Waals surface area contributed by atoms with Crippen molar-refractivity contribution in [1.29, 1.82) is 0 Å². The fourth-order valence-corrected chi connectivity index (χ4v) is 2.61. The Kier molecular flexibility index (Phi) is 2.72. The van der Waals surface area contributed by atoms with Gasteiger partial charge in [0.05, 0.1) is 22.1 Å². The highest BCUT2D eigenvalue weighted by Gasteiger charge is 2.20. The van der Waals surface area contributed by atoms with Crippen molar-refractivity contribution in [3.63, 3.8) is 0 Å². The van der Waals surface area contributed by atoms with Crippen LogP contribution in [0, 0.1) is 0 Å². The molecule has 1 aromatic heterocycles. The first-order chi connectivity index (χ1) is 8.68. The van der Waals surface area contributed by atoms with Crippen LogP contribution in [-0.2, 0) is 0 Å². The largest absolute Gasteiger partial charge is 0.330 e. The van der Waals surface area contributed by atoms with Crippen molar-refractivity contribution in [1.82, 2.24) is 14.9 Å². The number of H-pyrrole nitrogens is 1. The van der Waals surface area contributed by atoms with Gasteiger partial charge in [-0.25, -0.2) is 9.36 Å². The summed E-state index contributed by atoms with van der Waals surface area (Å²) in [6.07, 6.45) is 1.53. The second-order valence-corrected chi connectivity index (χ2v) is 4.79. The molecule has 2 heterocycles. The third-order valence-corrected chi connectivity index (χ3v) is 3.57. The molecule has 94 valence electrons. The Morgan fingerprint density at radius 3 is 2.89 bits per heavy atom. The van der Waals surface area contributed by atoms with Crippen LogP contribution in [0.5, 0.6) is 0 Å². The van der Waals surface area contributed by atoms with Gasteiger partial charge in [0.1, 0.15) is 0 Å². The molecule has 2 aromatic rings. The molecule has 0 radical (unpaired) electrons. The molecular formula is C12H12ClN3O2. The van der Waals surface area contributed by atoms with E-state index >= 15 is 0 Å². The molecule has 1 fully saturated rings. The highest BCUT2D eigenvalue weighted by Crippen LogP contribution is 2.18. The van der Waals surface area contributed by atoms with E-state index < -0.39 is 5.69 Å². The summed E-state index contributed by atoms with van der Waals surface area (Å²) in [5, 5.41) is 3.97. The van der Waals surface area contributed by atoms with Crippen LogP contribution in [0.3, 0.4) is 0 Å². The molecular weight excluding hydrogens is 254 g/mol. The molecule has 0 bridgehead atoms. The molecule has 1 atom stereocenters. The van der Waals surface area contributed by atoms with E-state index in [1.54, 1.807) is 18.2 Å². The minimum Gasteiger partial charge on any atom is -0.305 e. The van der Waals surface area contributed by atoms with E-state index in [2.05, 4.69) is 10.3 Å². The zero-order chi connectivity index (χ0) is 12.7. The molecule has 18 heavy (non-hydrogen) atoms. The van der Waals surface area contributed by atoms with Crippen LogP contribution in [0.15, 0.2) is 27.8 Å². The van der Waals surface area contributed by atoms with Crippen LogP contribution in [0.2, 0.25) is 5.02 Å². The Bertz CT molecular complexity index is 713. The number of aromatic nitrogens is 2. The maximum atomic E-state index is 12.3. The van der Waals surface area contributed by atoms with Gasteiger partial charge in [0.15, 0.2) is 0 Å². The Morgan fingerprint density at radius 1 is 1.33 bits per heavy atom. The summed E-state index contributed by atoms with van der Waals surface area (Å²) in [4.78, 5) is 27.0. The molecule has 6 heteroatoms. The van der Waals surface area contributed by atoms with Gasteiger partial charge in [-0.3, -0.25) is 10.1 Å². The minimum atomic E-state index is -0.417. The average Bonchev–Trinajstić information content (AvgIpc) is 2.84. The SMILES string of the molecule is O=c1[nH]c2c(Cl)cccc2c(=O)n1C1CCCN1. The van der Waals surface area contributed by atoms with Gasteiger partial charge < -0.3 is 4.98 Å². The van der Waals surface area contributed by atoms with Crippen molar-refractivity contribution in [2.45, 2.75) is 19.0 Å². The van der Waals surface area contributed by atoms with E-state index in [0.29, 0.717) is 15.9 Å². The Labute approximate surface area is 107 Å². The number of para-hydroxylation sites is 1. The second-order valence-electron chi connectivity index (χ2n) is 4.38. The van der Waals surface area contributed by atoms with Gasteiger partial charge in [0.2, 0.25) is 0 Å². The van der Waals surface area contributed by atoms with Crippen molar-refractivity contribution < 1.29 is 0 Å². The number of benzene rings is 1. The zero-order valence-electron chi connectivity index (χ0n) is 9.57. The predicted octanol–water partition coefficient (Wildman–Crippen LogP) is 1.23. The highest BCUT2D eigenvalue weighted by molar-refractivity contribution is 6.34. The number of fused-ring (bicyclic) bond motifs is 1. The third-order valence-electron chi connectivity index (χ3n) is 3.26. The van der Waals surface area contributed by atoms with Gasteiger partial charge >= 0.3 is 5.69 Å². The molecule has 1 aliphatic heterocycles.